The van der Waals surface area contributed by atoms with Gasteiger partial charge in [-0.15, -0.1) is 0 Å². The van der Waals surface area contributed by atoms with E-state index in [9.17, 15) is 14.0 Å². The van der Waals surface area contributed by atoms with Gasteiger partial charge in [0.1, 0.15) is 5.82 Å². The summed E-state index contributed by atoms with van der Waals surface area (Å²) >= 11 is 0. The Morgan fingerprint density at radius 2 is 2.24 bits per heavy atom. The molecule has 3 N–H and O–H groups in total. The number of benzene rings is 1. The molecule has 0 bridgehead atoms. The zero-order chi connectivity index (χ0) is 15.2. The third-order valence-electron chi connectivity index (χ3n) is 3.21. The van der Waals surface area contributed by atoms with E-state index in [4.69, 9.17) is 4.74 Å². The summed E-state index contributed by atoms with van der Waals surface area (Å²) in [6.45, 7) is 1.15. The molecule has 1 aliphatic heterocycles. The van der Waals surface area contributed by atoms with E-state index in [1.165, 1.54) is 19.2 Å². The van der Waals surface area contributed by atoms with Crippen LogP contribution in [0.25, 0.3) is 0 Å². The standard InChI is InChI=1S/C14H18FN3O3/c1-16-13(19)11-7-9(4-5-12(11)15)18-14(20)17-8-10-3-2-6-21-10/h4-5,7,10H,2-3,6,8H2,1H3,(H,16,19)(H2,17,18,20). The van der Waals surface area contributed by atoms with Crippen LogP contribution in [0.1, 0.15) is 23.2 Å². The monoisotopic (exact) mass is 295 g/mol. The van der Waals surface area contributed by atoms with Gasteiger partial charge in [-0.3, -0.25) is 4.79 Å². The summed E-state index contributed by atoms with van der Waals surface area (Å²) in [4.78, 5) is 23.2. The maximum Gasteiger partial charge on any atom is 0.319 e. The lowest BCUT2D eigenvalue weighted by molar-refractivity contribution is 0.0959. The summed E-state index contributed by atoms with van der Waals surface area (Å²) in [6.07, 6.45) is 1.98. The van der Waals surface area contributed by atoms with Crippen LogP contribution in [0.4, 0.5) is 14.9 Å². The van der Waals surface area contributed by atoms with Gasteiger partial charge >= 0.3 is 6.03 Å². The van der Waals surface area contributed by atoms with E-state index >= 15 is 0 Å². The Hall–Kier alpha value is -2.15. The van der Waals surface area contributed by atoms with Crippen LogP contribution in [0.3, 0.4) is 0 Å². The number of halogens is 1. The first-order chi connectivity index (χ1) is 10.1. The van der Waals surface area contributed by atoms with Crippen LogP contribution in [0, 0.1) is 5.82 Å². The molecule has 21 heavy (non-hydrogen) atoms. The van der Waals surface area contributed by atoms with Gasteiger partial charge in [-0.25, -0.2) is 9.18 Å². The molecule has 0 aromatic heterocycles. The normalized spacial score (nSPS) is 17.3. The fourth-order valence-corrected chi connectivity index (χ4v) is 2.10. The van der Waals surface area contributed by atoms with Crippen molar-refractivity contribution in [1.82, 2.24) is 10.6 Å². The SMILES string of the molecule is CNC(=O)c1cc(NC(=O)NCC2CCCO2)ccc1F. The van der Waals surface area contributed by atoms with Crippen molar-refractivity contribution in [2.24, 2.45) is 0 Å². The Balaban J connectivity index is 1.92. The van der Waals surface area contributed by atoms with Crippen LogP contribution in [-0.2, 0) is 4.74 Å². The summed E-state index contributed by atoms with van der Waals surface area (Å²) in [5.41, 5.74) is 0.231. The fraction of sp³-hybridized carbons (Fsp3) is 0.429. The first-order valence-corrected chi connectivity index (χ1v) is 6.78. The number of ether oxygens (including phenoxy) is 1. The molecular weight excluding hydrogens is 277 g/mol. The number of rotatable bonds is 4. The van der Waals surface area contributed by atoms with E-state index in [2.05, 4.69) is 16.0 Å². The summed E-state index contributed by atoms with van der Waals surface area (Å²) in [5, 5.41) is 7.58. The van der Waals surface area contributed by atoms with Crippen molar-refractivity contribution in [3.63, 3.8) is 0 Å². The number of hydrogen-bond donors (Lipinski definition) is 3. The van der Waals surface area contributed by atoms with E-state index in [0.717, 1.165) is 25.5 Å². The summed E-state index contributed by atoms with van der Waals surface area (Å²) < 4.78 is 18.9. The van der Waals surface area contributed by atoms with Crippen molar-refractivity contribution in [3.05, 3.63) is 29.6 Å². The van der Waals surface area contributed by atoms with E-state index in [-0.39, 0.29) is 11.7 Å². The highest BCUT2D eigenvalue weighted by molar-refractivity contribution is 5.96. The average molecular weight is 295 g/mol. The molecule has 2 rings (SSSR count). The molecule has 1 saturated heterocycles. The number of carbonyl (C=O) groups is 2. The van der Waals surface area contributed by atoms with Gasteiger partial charge in [0.05, 0.1) is 11.7 Å². The summed E-state index contributed by atoms with van der Waals surface area (Å²) in [5.74, 6) is -1.18. The number of carbonyl (C=O) groups excluding carboxylic acids is 2. The lowest BCUT2D eigenvalue weighted by Gasteiger charge is -2.12. The molecule has 1 unspecified atom stereocenters. The lowest BCUT2D eigenvalue weighted by atomic mass is 10.1. The molecule has 0 radical (unpaired) electrons. The predicted molar refractivity (Wildman–Crippen MR) is 75.8 cm³/mol. The Bertz CT molecular complexity index is 530. The molecule has 0 saturated carbocycles. The molecule has 1 heterocycles. The minimum atomic E-state index is -0.639. The first-order valence-electron chi connectivity index (χ1n) is 6.78. The smallest absolute Gasteiger partial charge is 0.319 e. The molecule has 6 nitrogen and oxygen atoms in total. The van der Waals surface area contributed by atoms with Gasteiger partial charge in [-0.2, -0.15) is 0 Å². The molecule has 7 heteroatoms. The number of amides is 3. The molecule has 114 valence electrons. The molecule has 0 aliphatic carbocycles. The van der Waals surface area contributed by atoms with Gasteiger partial charge in [0, 0.05) is 25.9 Å². The van der Waals surface area contributed by atoms with Gasteiger partial charge < -0.3 is 20.7 Å². The second kappa shape index (κ2) is 7.03. The Kier molecular flexibility index (Phi) is 5.10. The van der Waals surface area contributed by atoms with Crippen LogP contribution in [0.15, 0.2) is 18.2 Å². The van der Waals surface area contributed by atoms with Crippen molar-refractivity contribution < 1.29 is 18.7 Å². The quantitative estimate of drug-likeness (QED) is 0.787. The highest BCUT2D eigenvalue weighted by Gasteiger charge is 2.16. The topological polar surface area (TPSA) is 79.5 Å². The van der Waals surface area contributed by atoms with E-state index in [1.807, 2.05) is 0 Å². The van der Waals surface area contributed by atoms with E-state index in [1.54, 1.807) is 0 Å². The van der Waals surface area contributed by atoms with Gasteiger partial charge in [0.2, 0.25) is 0 Å². The largest absolute Gasteiger partial charge is 0.376 e. The van der Waals surface area contributed by atoms with Crippen LogP contribution < -0.4 is 16.0 Å². The molecule has 3 amide bonds. The van der Waals surface area contributed by atoms with Crippen molar-refractivity contribution in [3.8, 4) is 0 Å². The van der Waals surface area contributed by atoms with Crippen LogP contribution in [-0.4, -0.2) is 38.2 Å². The van der Waals surface area contributed by atoms with Crippen molar-refractivity contribution in [2.45, 2.75) is 18.9 Å². The Labute approximate surface area is 122 Å². The van der Waals surface area contributed by atoms with Gasteiger partial charge in [-0.1, -0.05) is 0 Å². The molecule has 1 fully saturated rings. The van der Waals surface area contributed by atoms with Gasteiger partial charge in [0.25, 0.3) is 5.91 Å². The number of hydrogen-bond acceptors (Lipinski definition) is 3. The average Bonchev–Trinajstić information content (AvgIpc) is 2.99. The first kappa shape index (κ1) is 15.2. The second-order valence-electron chi connectivity index (χ2n) is 4.74. The van der Waals surface area contributed by atoms with E-state index < -0.39 is 17.8 Å². The zero-order valence-electron chi connectivity index (χ0n) is 11.7. The molecule has 1 aliphatic rings. The maximum absolute atomic E-state index is 13.5. The molecule has 1 aromatic carbocycles. The van der Waals surface area contributed by atoms with Gasteiger partial charge in [0.15, 0.2) is 0 Å². The number of urea groups is 1. The van der Waals surface area contributed by atoms with Crippen molar-refractivity contribution in [2.75, 3.05) is 25.5 Å². The third-order valence-corrected chi connectivity index (χ3v) is 3.21. The summed E-state index contributed by atoms with van der Waals surface area (Å²) in [7, 11) is 1.41. The lowest BCUT2D eigenvalue weighted by Crippen LogP contribution is -2.35. The zero-order valence-corrected chi connectivity index (χ0v) is 11.7. The predicted octanol–water partition coefficient (Wildman–Crippen LogP) is 1.49. The Morgan fingerprint density at radius 1 is 1.43 bits per heavy atom. The van der Waals surface area contributed by atoms with Crippen molar-refractivity contribution in [1.29, 1.82) is 0 Å². The minimum Gasteiger partial charge on any atom is -0.376 e. The Morgan fingerprint density at radius 3 is 2.90 bits per heavy atom. The van der Waals surface area contributed by atoms with Crippen LogP contribution >= 0.6 is 0 Å². The maximum atomic E-state index is 13.5. The van der Waals surface area contributed by atoms with Crippen LogP contribution in [0.2, 0.25) is 0 Å². The molecule has 1 aromatic rings. The number of anilines is 1. The van der Waals surface area contributed by atoms with Gasteiger partial charge in [-0.05, 0) is 31.0 Å². The molecular formula is C14H18FN3O3. The summed E-state index contributed by atoms with van der Waals surface area (Å²) in [6, 6.07) is 3.41. The van der Waals surface area contributed by atoms with Crippen LogP contribution in [0.5, 0.6) is 0 Å². The second-order valence-corrected chi connectivity index (χ2v) is 4.74. The highest BCUT2D eigenvalue weighted by Crippen LogP contribution is 2.15. The third kappa shape index (κ3) is 4.16. The molecule has 1 atom stereocenters. The van der Waals surface area contributed by atoms with E-state index in [0.29, 0.717) is 12.2 Å². The minimum absolute atomic E-state index is 0.0467. The highest BCUT2D eigenvalue weighted by atomic mass is 19.1. The number of nitrogens with one attached hydrogen (secondary N) is 3. The fourth-order valence-electron chi connectivity index (χ4n) is 2.10. The molecule has 0 spiro atoms. The van der Waals surface area contributed by atoms with Crippen molar-refractivity contribution >= 4 is 17.6 Å².